The fourth-order valence-electron chi connectivity index (χ4n) is 1.65. The molecule has 1 aliphatic carbocycles. The number of nitrogens with one attached hydrogen (secondary N) is 2. The monoisotopic (exact) mass is 253 g/mol. The van der Waals surface area contributed by atoms with E-state index in [0.29, 0.717) is 0 Å². The quantitative estimate of drug-likeness (QED) is 0.521. The van der Waals surface area contributed by atoms with Crippen molar-refractivity contribution in [2.45, 2.75) is 18.9 Å². The first-order chi connectivity index (χ1) is 8.49. The summed E-state index contributed by atoms with van der Waals surface area (Å²) in [6.45, 7) is 0. The van der Waals surface area contributed by atoms with Crippen molar-refractivity contribution in [3.8, 4) is 0 Å². The van der Waals surface area contributed by atoms with Crippen LogP contribution >= 0.6 is 0 Å². The molecule has 8 heteroatoms. The molecule has 1 amide bonds. The third-order valence-electron chi connectivity index (χ3n) is 2.77. The largest absolute Gasteiger partial charge is 0.480 e. The number of amides is 1. The molecule has 1 aromatic heterocycles. The second kappa shape index (κ2) is 4.47. The third-order valence-corrected chi connectivity index (χ3v) is 2.77. The zero-order valence-corrected chi connectivity index (χ0v) is 9.25. The van der Waals surface area contributed by atoms with E-state index in [0.717, 1.165) is 25.1 Å². The van der Waals surface area contributed by atoms with E-state index in [1.165, 1.54) is 0 Å². The minimum absolute atomic E-state index is 0.0198. The zero-order chi connectivity index (χ0) is 13.3. The van der Waals surface area contributed by atoms with Crippen LogP contribution in [0.3, 0.4) is 0 Å². The van der Waals surface area contributed by atoms with Gasteiger partial charge in [-0.15, -0.1) is 0 Å². The number of carboxylic acid groups (broad SMARTS) is 1. The molecular weight excluding hydrogens is 242 g/mol. The van der Waals surface area contributed by atoms with Crippen molar-refractivity contribution in [1.82, 2.24) is 10.3 Å². The van der Waals surface area contributed by atoms with E-state index in [-0.39, 0.29) is 17.3 Å². The van der Waals surface area contributed by atoms with Gasteiger partial charge in [-0.25, -0.2) is 4.79 Å². The van der Waals surface area contributed by atoms with E-state index >= 15 is 0 Å². The Morgan fingerprint density at radius 1 is 1.56 bits per heavy atom. The summed E-state index contributed by atoms with van der Waals surface area (Å²) >= 11 is 0. The van der Waals surface area contributed by atoms with Crippen LogP contribution in [-0.2, 0) is 4.79 Å². The molecule has 1 unspecified atom stereocenters. The lowest BCUT2D eigenvalue weighted by atomic mass is 10.2. The van der Waals surface area contributed by atoms with Gasteiger partial charge in [0.05, 0.1) is 11.1 Å². The predicted molar refractivity (Wildman–Crippen MR) is 59.1 cm³/mol. The smallest absolute Gasteiger partial charge is 0.326 e. The maximum absolute atomic E-state index is 11.7. The number of H-pyrrole nitrogens is 1. The van der Waals surface area contributed by atoms with Crippen molar-refractivity contribution in [2.24, 2.45) is 5.92 Å². The Hall–Kier alpha value is -2.38. The van der Waals surface area contributed by atoms with Gasteiger partial charge < -0.3 is 15.4 Å². The van der Waals surface area contributed by atoms with Crippen LogP contribution in [0.15, 0.2) is 12.3 Å². The van der Waals surface area contributed by atoms with Gasteiger partial charge in [0, 0.05) is 6.07 Å². The van der Waals surface area contributed by atoms with Crippen LogP contribution in [0, 0.1) is 16.0 Å². The topological polar surface area (TPSA) is 125 Å². The molecule has 0 aliphatic heterocycles. The van der Waals surface area contributed by atoms with Crippen LogP contribution in [0.25, 0.3) is 0 Å². The summed E-state index contributed by atoms with van der Waals surface area (Å²) in [6, 6.07) is 0.140. The first-order valence-corrected chi connectivity index (χ1v) is 5.35. The molecule has 3 N–H and O–H groups in total. The molecule has 0 aromatic carbocycles. The normalized spacial score (nSPS) is 16.0. The van der Waals surface area contributed by atoms with Crippen molar-refractivity contribution < 1.29 is 19.6 Å². The predicted octanol–water partition coefficient (Wildman–Crippen LogP) is 0.516. The number of hydrogen-bond acceptors (Lipinski definition) is 4. The van der Waals surface area contributed by atoms with Gasteiger partial charge >= 0.3 is 5.97 Å². The number of hydrogen-bond donors (Lipinski definition) is 3. The Morgan fingerprint density at radius 3 is 2.67 bits per heavy atom. The minimum atomic E-state index is -1.09. The molecule has 96 valence electrons. The number of carbonyl (C=O) groups excluding carboxylic acids is 1. The highest BCUT2D eigenvalue weighted by molar-refractivity contribution is 5.95. The molecule has 1 aromatic rings. The van der Waals surface area contributed by atoms with E-state index in [9.17, 15) is 19.7 Å². The number of carbonyl (C=O) groups is 2. The van der Waals surface area contributed by atoms with Crippen LogP contribution in [0.2, 0.25) is 0 Å². The average Bonchev–Trinajstić information content (AvgIpc) is 3.00. The van der Waals surface area contributed by atoms with Gasteiger partial charge in [-0.1, -0.05) is 0 Å². The van der Waals surface area contributed by atoms with E-state index in [2.05, 4.69) is 10.3 Å². The molecule has 1 saturated carbocycles. The van der Waals surface area contributed by atoms with Gasteiger partial charge in [0.1, 0.15) is 11.7 Å². The molecule has 1 atom stereocenters. The Bertz CT molecular complexity index is 505. The fraction of sp³-hybridized carbons (Fsp3) is 0.400. The summed E-state index contributed by atoms with van der Waals surface area (Å²) in [5.74, 6) is -1.79. The Kier molecular flexibility index (Phi) is 3.00. The van der Waals surface area contributed by atoms with Gasteiger partial charge in [-0.2, -0.15) is 0 Å². The first kappa shape index (κ1) is 12.1. The molecule has 1 heterocycles. The van der Waals surface area contributed by atoms with E-state index < -0.39 is 22.8 Å². The molecular formula is C10H11N3O5. The minimum Gasteiger partial charge on any atom is -0.480 e. The van der Waals surface area contributed by atoms with Crippen molar-refractivity contribution >= 4 is 17.6 Å². The number of nitro groups is 1. The molecule has 2 rings (SSSR count). The summed E-state index contributed by atoms with van der Waals surface area (Å²) in [7, 11) is 0. The highest BCUT2D eigenvalue weighted by Gasteiger charge is 2.37. The van der Waals surface area contributed by atoms with Gasteiger partial charge in [0.15, 0.2) is 0 Å². The number of aliphatic carboxylic acids is 1. The van der Waals surface area contributed by atoms with Crippen LogP contribution < -0.4 is 5.32 Å². The van der Waals surface area contributed by atoms with Crippen LogP contribution in [0.4, 0.5) is 5.69 Å². The molecule has 18 heavy (non-hydrogen) atoms. The third kappa shape index (κ3) is 2.47. The average molecular weight is 253 g/mol. The Morgan fingerprint density at radius 2 is 2.22 bits per heavy atom. The summed E-state index contributed by atoms with van der Waals surface area (Å²) < 4.78 is 0. The lowest BCUT2D eigenvalue weighted by Crippen LogP contribution is -2.42. The highest BCUT2D eigenvalue weighted by Crippen LogP contribution is 2.32. The van der Waals surface area contributed by atoms with Gasteiger partial charge in [0.2, 0.25) is 0 Å². The summed E-state index contributed by atoms with van der Waals surface area (Å²) in [5.41, 5.74) is -0.257. The van der Waals surface area contributed by atoms with Crippen LogP contribution in [0.1, 0.15) is 23.3 Å². The summed E-state index contributed by atoms with van der Waals surface area (Å²) in [6.07, 6.45) is 2.62. The summed E-state index contributed by atoms with van der Waals surface area (Å²) in [5, 5.41) is 21.7. The molecule has 0 spiro atoms. The van der Waals surface area contributed by atoms with Crippen LogP contribution in [0.5, 0.6) is 0 Å². The maximum Gasteiger partial charge on any atom is 0.326 e. The molecule has 0 saturated heterocycles. The van der Waals surface area contributed by atoms with E-state index in [1.807, 2.05) is 0 Å². The van der Waals surface area contributed by atoms with E-state index in [4.69, 9.17) is 5.11 Å². The highest BCUT2D eigenvalue weighted by atomic mass is 16.6. The fourth-order valence-corrected chi connectivity index (χ4v) is 1.65. The standard InChI is InChI=1S/C10H11N3O5/c14-9(7-3-6(4-11-7)13(17)18)12-8(10(15)16)5-1-2-5/h3-5,8,11H,1-2H2,(H,12,14)(H,15,16). The number of carboxylic acids is 1. The van der Waals surface area contributed by atoms with Gasteiger partial charge in [0.25, 0.3) is 11.6 Å². The number of aromatic amines is 1. The molecule has 0 bridgehead atoms. The molecule has 8 nitrogen and oxygen atoms in total. The number of rotatable bonds is 5. The van der Waals surface area contributed by atoms with Crippen LogP contribution in [-0.4, -0.2) is 32.9 Å². The molecule has 1 aliphatic rings. The summed E-state index contributed by atoms with van der Waals surface area (Å²) in [4.78, 5) is 34.9. The number of nitrogens with zero attached hydrogens (tertiary/aromatic N) is 1. The van der Waals surface area contributed by atoms with Gasteiger partial charge in [-0.05, 0) is 18.8 Å². The van der Waals surface area contributed by atoms with Crippen molar-refractivity contribution in [3.05, 3.63) is 28.1 Å². The van der Waals surface area contributed by atoms with Crippen molar-refractivity contribution in [3.63, 3.8) is 0 Å². The first-order valence-electron chi connectivity index (χ1n) is 5.35. The second-order valence-electron chi connectivity index (χ2n) is 4.16. The molecule has 0 radical (unpaired) electrons. The van der Waals surface area contributed by atoms with Crippen molar-refractivity contribution in [2.75, 3.05) is 0 Å². The Balaban J connectivity index is 2.05. The van der Waals surface area contributed by atoms with E-state index in [1.54, 1.807) is 0 Å². The lowest BCUT2D eigenvalue weighted by molar-refractivity contribution is -0.384. The maximum atomic E-state index is 11.7. The lowest BCUT2D eigenvalue weighted by Gasteiger charge is -2.12. The zero-order valence-electron chi connectivity index (χ0n) is 9.25. The van der Waals surface area contributed by atoms with Crippen molar-refractivity contribution in [1.29, 1.82) is 0 Å². The van der Waals surface area contributed by atoms with Gasteiger partial charge in [-0.3, -0.25) is 14.9 Å². The SMILES string of the molecule is O=C(NC(C(=O)O)C1CC1)c1cc([N+](=O)[O-])c[nH]1. The number of aromatic nitrogens is 1. The second-order valence-corrected chi connectivity index (χ2v) is 4.16. The Labute approximate surface area is 101 Å². The molecule has 1 fully saturated rings.